The van der Waals surface area contributed by atoms with E-state index in [9.17, 15) is 24.0 Å². The Balaban J connectivity index is 0.000000210. The first-order valence-corrected chi connectivity index (χ1v) is 20.3. The molecule has 1 atom stereocenters. The number of nitrogens with two attached hydrogens (primary N) is 1. The zero-order valence-corrected chi connectivity index (χ0v) is 37.9. The first-order valence-electron chi connectivity index (χ1n) is 19.1. The molecule has 1 aliphatic heterocycles. The van der Waals surface area contributed by atoms with E-state index in [-0.39, 0.29) is 65.4 Å². The highest BCUT2D eigenvalue weighted by atomic mass is 35.5. The molecular weight excluding hydrogens is 875 g/mol. The molecule has 0 spiro atoms. The second-order valence-electron chi connectivity index (χ2n) is 14.2. The minimum atomic E-state index is -0.796. The van der Waals surface area contributed by atoms with E-state index in [1.807, 2.05) is 41.5 Å². The number of hydrogen-bond acceptors (Lipinski definition) is 17. The van der Waals surface area contributed by atoms with Gasteiger partial charge in [0.25, 0.3) is 23.0 Å². The van der Waals surface area contributed by atoms with Gasteiger partial charge in [-0.25, -0.2) is 15.1 Å². The van der Waals surface area contributed by atoms with Crippen molar-refractivity contribution in [2.24, 2.45) is 23.7 Å². The van der Waals surface area contributed by atoms with E-state index >= 15 is 0 Å². The Kier molecular flexibility index (Phi) is 18.8. The number of nitrogens with zero attached hydrogens (tertiary/aromatic N) is 12. The van der Waals surface area contributed by atoms with Gasteiger partial charge in [0.1, 0.15) is 46.7 Å². The van der Waals surface area contributed by atoms with Gasteiger partial charge in [0.15, 0.2) is 5.92 Å². The van der Waals surface area contributed by atoms with Crippen LogP contribution in [0.4, 0.5) is 11.9 Å². The van der Waals surface area contributed by atoms with Gasteiger partial charge in [-0.3, -0.25) is 34.4 Å². The monoisotopic (exact) mass is 922 g/mol. The molecular formula is C36H49Cl3N16O7. The van der Waals surface area contributed by atoms with Crippen molar-refractivity contribution in [3.8, 4) is 0 Å². The van der Waals surface area contributed by atoms with Crippen molar-refractivity contribution in [2.45, 2.75) is 81.1 Å². The van der Waals surface area contributed by atoms with Gasteiger partial charge in [-0.1, -0.05) is 90.2 Å². The molecule has 26 heteroatoms. The number of esters is 2. The van der Waals surface area contributed by atoms with Gasteiger partial charge < -0.3 is 15.2 Å². The van der Waals surface area contributed by atoms with Crippen molar-refractivity contribution >= 4 is 82.0 Å². The SMILES string of the molecule is CC(C)C1C(=O)Nc2ncnn2C1=O.CC(C)c1c(Cl)nc2nc[nH]n2c1=O.CC(C)c1c(Cl)nc2ncnn2c1Cl.CCOC(=O)C(C(=O)OCC)C(C)C.Nc1ncn[nH]1. The molecule has 1 amide bonds. The highest BCUT2D eigenvalue weighted by Gasteiger charge is 2.37. The summed E-state index contributed by atoms with van der Waals surface area (Å²) >= 11 is 18.0. The summed E-state index contributed by atoms with van der Waals surface area (Å²) in [6, 6.07) is 0. The number of amides is 1. The van der Waals surface area contributed by atoms with Crippen molar-refractivity contribution in [2.75, 3.05) is 24.3 Å². The van der Waals surface area contributed by atoms with Crippen molar-refractivity contribution in [1.29, 1.82) is 0 Å². The third-order valence-electron chi connectivity index (χ3n) is 8.32. The first-order chi connectivity index (χ1) is 29.3. The summed E-state index contributed by atoms with van der Waals surface area (Å²) in [7, 11) is 0. The van der Waals surface area contributed by atoms with E-state index in [4.69, 9.17) is 50.0 Å². The summed E-state index contributed by atoms with van der Waals surface area (Å²) in [4.78, 5) is 80.9. The maximum Gasteiger partial charge on any atom is 0.320 e. The fraction of sp³-hybridized carbons (Fsp3) is 0.500. The van der Waals surface area contributed by atoms with E-state index in [1.165, 1.54) is 34.3 Å². The number of aromatic nitrogens is 14. The molecule has 1 unspecified atom stereocenters. The molecule has 6 aromatic heterocycles. The molecule has 6 aromatic rings. The second-order valence-corrected chi connectivity index (χ2v) is 15.2. The molecule has 0 saturated heterocycles. The van der Waals surface area contributed by atoms with Gasteiger partial charge in [0.05, 0.1) is 18.8 Å². The molecule has 0 aromatic carbocycles. The quantitative estimate of drug-likeness (QED) is 0.0916. The highest BCUT2D eigenvalue weighted by molar-refractivity contribution is 6.35. The maximum atomic E-state index is 11.8. The summed E-state index contributed by atoms with van der Waals surface area (Å²) in [6.07, 6.45) is 5.41. The molecule has 0 bridgehead atoms. The lowest BCUT2D eigenvalue weighted by Gasteiger charge is -2.22. The number of carbonyl (C=O) groups excluding carboxylic acids is 4. The lowest BCUT2D eigenvalue weighted by atomic mass is 9.93. The molecule has 7 heterocycles. The largest absolute Gasteiger partial charge is 0.465 e. The zero-order chi connectivity index (χ0) is 46.4. The van der Waals surface area contributed by atoms with Crippen LogP contribution in [-0.4, -0.2) is 106 Å². The van der Waals surface area contributed by atoms with Crippen LogP contribution in [0.3, 0.4) is 0 Å². The Hall–Kier alpha value is -6.07. The number of fused-ring (bicyclic) bond motifs is 3. The molecule has 62 heavy (non-hydrogen) atoms. The van der Waals surface area contributed by atoms with Crippen LogP contribution >= 0.6 is 34.8 Å². The Morgan fingerprint density at radius 3 is 1.87 bits per heavy atom. The fourth-order valence-electron chi connectivity index (χ4n) is 5.43. The summed E-state index contributed by atoms with van der Waals surface area (Å²) in [5.41, 5.74) is 6.17. The average Bonchev–Trinajstić information content (AvgIpc) is 4.01. The third-order valence-corrected chi connectivity index (χ3v) is 9.26. The molecule has 0 radical (unpaired) electrons. The van der Waals surface area contributed by atoms with Crippen LogP contribution in [0.15, 0.2) is 30.1 Å². The second kappa shape index (κ2) is 23.2. The predicted octanol–water partition coefficient (Wildman–Crippen LogP) is 4.66. The first kappa shape index (κ1) is 50.3. The number of ether oxygens (including phenoxy) is 2. The van der Waals surface area contributed by atoms with E-state index in [1.54, 1.807) is 27.7 Å². The van der Waals surface area contributed by atoms with Crippen molar-refractivity contribution in [1.82, 2.24) is 69.1 Å². The molecule has 0 aliphatic carbocycles. The summed E-state index contributed by atoms with van der Waals surface area (Å²) in [5, 5.41) is 19.9. The number of nitrogen functional groups attached to an aromatic ring is 1. The lowest BCUT2D eigenvalue weighted by Crippen LogP contribution is -2.42. The lowest BCUT2D eigenvalue weighted by molar-refractivity contribution is -0.163. The number of H-pyrrole nitrogens is 2. The van der Waals surface area contributed by atoms with Gasteiger partial charge >= 0.3 is 11.9 Å². The fourth-order valence-corrected chi connectivity index (χ4v) is 6.66. The molecule has 0 saturated carbocycles. The predicted molar refractivity (Wildman–Crippen MR) is 228 cm³/mol. The van der Waals surface area contributed by atoms with Gasteiger partial charge in [0.2, 0.25) is 17.8 Å². The van der Waals surface area contributed by atoms with E-state index in [0.717, 1.165) is 10.2 Å². The number of nitrogens with one attached hydrogen (secondary N) is 3. The minimum absolute atomic E-state index is 0.0418. The van der Waals surface area contributed by atoms with Gasteiger partial charge in [-0.2, -0.15) is 48.9 Å². The van der Waals surface area contributed by atoms with E-state index in [2.05, 4.69) is 60.7 Å². The number of anilines is 2. The topological polar surface area (TPSA) is 303 Å². The van der Waals surface area contributed by atoms with Crippen LogP contribution in [0.1, 0.15) is 97.0 Å². The normalized spacial score (nSPS) is 13.1. The number of hydrogen-bond donors (Lipinski definition) is 4. The maximum absolute atomic E-state index is 11.8. The van der Waals surface area contributed by atoms with Crippen LogP contribution in [0.5, 0.6) is 0 Å². The molecule has 23 nitrogen and oxygen atoms in total. The summed E-state index contributed by atoms with van der Waals surface area (Å²) in [5.74, 6) is -1.68. The smallest absolute Gasteiger partial charge is 0.320 e. The summed E-state index contributed by atoms with van der Waals surface area (Å²) in [6.45, 7) is 19.0. The van der Waals surface area contributed by atoms with Crippen LogP contribution in [0.2, 0.25) is 15.5 Å². The standard InChI is InChI=1S/C10H18O4.C8H8Cl2N4.C8H9ClN4O.C8H10N4O2.C2H4N4/c1-5-13-9(11)8(7(3)4)10(12)14-6-2;1-4(2)5-6(9)13-8-11-3-12-14(8)7(5)10;1-4(2)5-6(9)12-8-10-3-11-13(8)7(5)14;1-4(2)5-6(13)11-8-9-3-10-12(8)7(5)14;3-2-4-1-5-6-2/h7-8H,5-6H2,1-4H3;3-4H,1-2H3;3-4H,1-2H3,(H,10,11,12);3-5H,1-2H3,(H,9,10,11,13);1H,(H3,3,4,5,6). The van der Waals surface area contributed by atoms with Crippen molar-refractivity contribution in [3.63, 3.8) is 0 Å². The number of halogens is 3. The Morgan fingerprint density at radius 2 is 1.37 bits per heavy atom. The van der Waals surface area contributed by atoms with Crippen molar-refractivity contribution in [3.05, 3.63) is 62.2 Å². The number of carbonyl (C=O) groups is 4. The van der Waals surface area contributed by atoms with E-state index in [0.29, 0.717) is 33.4 Å². The number of rotatable bonds is 8. The van der Waals surface area contributed by atoms with Crippen LogP contribution in [0.25, 0.3) is 11.6 Å². The Labute approximate surface area is 369 Å². The van der Waals surface area contributed by atoms with Crippen LogP contribution in [-0.2, 0) is 23.9 Å². The third kappa shape index (κ3) is 12.7. The minimum Gasteiger partial charge on any atom is -0.465 e. The van der Waals surface area contributed by atoms with Gasteiger partial charge in [-0.15, -0.1) is 0 Å². The van der Waals surface area contributed by atoms with Crippen molar-refractivity contribution < 1.29 is 28.7 Å². The number of aromatic amines is 2. The zero-order valence-electron chi connectivity index (χ0n) is 35.6. The average molecular weight is 924 g/mol. The molecule has 5 N–H and O–H groups in total. The molecule has 336 valence electrons. The molecule has 1 aliphatic rings. The van der Waals surface area contributed by atoms with Crippen LogP contribution in [0, 0.1) is 23.7 Å². The summed E-state index contributed by atoms with van der Waals surface area (Å²) < 4.78 is 13.5. The Morgan fingerprint density at radius 1 is 0.790 bits per heavy atom. The Bertz CT molecular complexity index is 2460. The highest BCUT2D eigenvalue weighted by Crippen LogP contribution is 2.30. The molecule has 7 rings (SSSR count). The van der Waals surface area contributed by atoms with Gasteiger partial charge in [-0.05, 0) is 37.5 Å². The van der Waals surface area contributed by atoms with Gasteiger partial charge in [0, 0.05) is 5.56 Å². The van der Waals surface area contributed by atoms with E-state index < -0.39 is 23.8 Å². The van der Waals surface area contributed by atoms with Crippen LogP contribution < -0.4 is 16.6 Å². The molecule has 0 fully saturated rings.